The van der Waals surface area contributed by atoms with E-state index in [1.54, 1.807) is 12.1 Å². The highest BCUT2D eigenvalue weighted by molar-refractivity contribution is 5.96. The van der Waals surface area contributed by atoms with E-state index in [4.69, 9.17) is 5.73 Å². The normalized spacial score (nSPS) is 10.4. The third-order valence-electron chi connectivity index (χ3n) is 3.07. The van der Waals surface area contributed by atoms with Gasteiger partial charge in [-0.1, -0.05) is 0 Å². The van der Waals surface area contributed by atoms with Gasteiger partial charge in [-0.3, -0.25) is 9.48 Å². The van der Waals surface area contributed by atoms with Crippen molar-refractivity contribution < 1.29 is 4.79 Å². The van der Waals surface area contributed by atoms with E-state index in [1.165, 1.54) is 0 Å². The molecule has 21 heavy (non-hydrogen) atoms. The summed E-state index contributed by atoms with van der Waals surface area (Å²) in [7, 11) is 0. The number of hydrogen-bond acceptors (Lipinski definition) is 4. The number of nitrogens with one attached hydrogen (secondary N) is 2. The number of hydrogen-bond donors (Lipinski definition) is 3. The van der Waals surface area contributed by atoms with Crippen molar-refractivity contribution in [1.82, 2.24) is 15.1 Å². The van der Waals surface area contributed by atoms with E-state index in [0.717, 1.165) is 17.8 Å². The van der Waals surface area contributed by atoms with Gasteiger partial charge in [0.15, 0.2) is 0 Å². The quantitative estimate of drug-likeness (QED) is 0.705. The van der Waals surface area contributed by atoms with Crippen LogP contribution in [0, 0.1) is 6.92 Å². The molecule has 0 aliphatic heterocycles. The molecular weight excluding hydrogens is 266 g/mol. The van der Waals surface area contributed by atoms with E-state index in [1.807, 2.05) is 37.0 Å². The lowest BCUT2D eigenvalue weighted by Gasteiger charge is -2.11. The van der Waals surface area contributed by atoms with Crippen LogP contribution in [0.25, 0.3) is 0 Å². The molecule has 0 bridgehead atoms. The van der Waals surface area contributed by atoms with Crippen LogP contribution in [0.3, 0.4) is 0 Å². The highest BCUT2D eigenvalue weighted by atomic mass is 16.1. The first kappa shape index (κ1) is 14.9. The molecule has 0 saturated carbocycles. The van der Waals surface area contributed by atoms with Gasteiger partial charge in [0.25, 0.3) is 5.91 Å². The lowest BCUT2D eigenvalue weighted by Crippen LogP contribution is -2.22. The number of amides is 1. The molecule has 1 aromatic heterocycles. The first-order valence-corrected chi connectivity index (χ1v) is 7.01. The molecular formula is C15H21N5O. The smallest absolute Gasteiger partial charge is 0.251 e. The predicted octanol–water partition coefficient (Wildman–Crippen LogP) is 1.64. The van der Waals surface area contributed by atoms with Crippen molar-refractivity contribution in [3.63, 3.8) is 0 Å². The van der Waals surface area contributed by atoms with E-state index in [-0.39, 0.29) is 5.91 Å². The lowest BCUT2D eigenvalue weighted by molar-refractivity contribution is 0.0956. The molecule has 4 N–H and O–H groups in total. The number of nitrogens with two attached hydrogens (primary N) is 1. The fraction of sp³-hybridized carbons (Fsp3) is 0.333. The molecule has 0 unspecified atom stereocenters. The molecule has 112 valence electrons. The molecule has 6 nitrogen and oxygen atoms in total. The van der Waals surface area contributed by atoms with Crippen molar-refractivity contribution >= 4 is 17.3 Å². The number of rotatable bonds is 6. The zero-order valence-corrected chi connectivity index (χ0v) is 12.4. The third kappa shape index (κ3) is 3.98. The molecule has 0 spiro atoms. The summed E-state index contributed by atoms with van der Waals surface area (Å²) in [5.74, 6) is -0.109. The third-order valence-corrected chi connectivity index (χ3v) is 3.07. The van der Waals surface area contributed by atoms with Crippen molar-refractivity contribution in [2.45, 2.75) is 20.4 Å². The summed E-state index contributed by atoms with van der Waals surface area (Å²) in [5, 5.41) is 10.2. The van der Waals surface area contributed by atoms with Crippen molar-refractivity contribution in [2.75, 3.05) is 24.1 Å². The monoisotopic (exact) mass is 287 g/mol. The Kier molecular flexibility index (Phi) is 4.81. The van der Waals surface area contributed by atoms with Crippen LogP contribution in [0.15, 0.2) is 30.6 Å². The van der Waals surface area contributed by atoms with Crippen LogP contribution in [0.5, 0.6) is 0 Å². The van der Waals surface area contributed by atoms with Crippen LogP contribution in [-0.4, -0.2) is 28.8 Å². The molecule has 6 heteroatoms. The van der Waals surface area contributed by atoms with Crippen LogP contribution >= 0.6 is 0 Å². The fourth-order valence-electron chi connectivity index (χ4n) is 2.02. The second-order valence-corrected chi connectivity index (χ2v) is 4.87. The van der Waals surface area contributed by atoms with Gasteiger partial charge in [-0.25, -0.2) is 0 Å². The highest BCUT2D eigenvalue weighted by Gasteiger charge is 2.07. The highest BCUT2D eigenvalue weighted by Crippen LogP contribution is 2.19. The van der Waals surface area contributed by atoms with Gasteiger partial charge in [-0.2, -0.15) is 5.10 Å². The van der Waals surface area contributed by atoms with Gasteiger partial charge in [-0.15, -0.1) is 0 Å². The second-order valence-electron chi connectivity index (χ2n) is 4.87. The minimum Gasteiger partial charge on any atom is -0.397 e. The molecule has 0 radical (unpaired) electrons. The fourth-order valence-corrected chi connectivity index (χ4v) is 2.02. The Labute approximate surface area is 124 Å². The van der Waals surface area contributed by atoms with E-state index >= 15 is 0 Å². The number of carbonyl (C=O) groups is 1. The standard InChI is InChI=1S/C15H21N5O/c1-3-17-15(21)12-4-5-14(13(16)8-12)18-6-7-20-10-11(2)9-19-20/h4-5,8-10,18H,3,6-7,16H2,1-2H3,(H,17,21). The predicted molar refractivity (Wildman–Crippen MR) is 84.3 cm³/mol. The number of nitrogen functional groups attached to an aromatic ring is 1. The molecule has 0 aliphatic carbocycles. The second kappa shape index (κ2) is 6.78. The molecule has 1 aromatic carbocycles. The summed E-state index contributed by atoms with van der Waals surface area (Å²) in [6.45, 7) is 5.96. The minimum absolute atomic E-state index is 0.109. The summed E-state index contributed by atoms with van der Waals surface area (Å²) in [6.07, 6.45) is 3.82. The number of benzene rings is 1. The van der Waals surface area contributed by atoms with Gasteiger partial charge in [0.1, 0.15) is 0 Å². The van der Waals surface area contributed by atoms with Crippen LogP contribution < -0.4 is 16.4 Å². The van der Waals surface area contributed by atoms with Crippen LogP contribution in [0.4, 0.5) is 11.4 Å². The number of anilines is 2. The molecule has 0 aliphatic rings. The number of aryl methyl sites for hydroxylation is 1. The van der Waals surface area contributed by atoms with Gasteiger partial charge in [0, 0.05) is 24.8 Å². The molecule has 0 fully saturated rings. The maximum absolute atomic E-state index is 11.7. The van der Waals surface area contributed by atoms with E-state index in [2.05, 4.69) is 15.7 Å². The lowest BCUT2D eigenvalue weighted by atomic mass is 10.1. The number of carbonyl (C=O) groups excluding carboxylic acids is 1. The van der Waals surface area contributed by atoms with Gasteiger partial charge in [-0.05, 0) is 37.6 Å². The molecule has 2 aromatic rings. The van der Waals surface area contributed by atoms with E-state index in [9.17, 15) is 4.79 Å². The Bertz CT molecular complexity index is 620. The van der Waals surface area contributed by atoms with Gasteiger partial charge in [0.2, 0.25) is 0 Å². The van der Waals surface area contributed by atoms with Crippen molar-refractivity contribution in [3.05, 3.63) is 41.7 Å². The molecule has 1 heterocycles. The summed E-state index contributed by atoms with van der Waals surface area (Å²) >= 11 is 0. The van der Waals surface area contributed by atoms with Gasteiger partial charge < -0.3 is 16.4 Å². The van der Waals surface area contributed by atoms with E-state index in [0.29, 0.717) is 24.3 Å². The minimum atomic E-state index is -0.109. The van der Waals surface area contributed by atoms with E-state index < -0.39 is 0 Å². The van der Waals surface area contributed by atoms with Crippen molar-refractivity contribution in [3.8, 4) is 0 Å². The zero-order chi connectivity index (χ0) is 15.2. The molecule has 0 atom stereocenters. The number of nitrogens with zero attached hydrogens (tertiary/aromatic N) is 2. The Balaban J connectivity index is 1.93. The topological polar surface area (TPSA) is 85.0 Å². The maximum atomic E-state index is 11.7. The molecule has 1 amide bonds. The van der Waals surface area contributed by atoms with Crippen LogP contribution in [0.2, 0.25) is 0 Å². The molecule has 0 saturated heterocycles. The van der Waals surface area contributed by atoms with Crippen LogP contribution in [0.1, 0.15) is 22.8 Å². The Morgan fingerprint density at radius 2 is 2.24 bits per heavy atom. The summed E-state index contributed by atoms with van der Waals surface area (Å²) < 4.78 is 1.88. The van der Waals surface area contributed by atoms with Gasteiger partial charge >= 0.3 is 0 Å². The number of aromatic nitrogens is 2. The van der Waals surface area contributed by atoms with Gasteiger partial charge in [0.05, 0.1) is 24.1 Å². The molecule has 2 rings (SSSR count). The summed E-state index contributed by atoms with van der Waals surface area (Å²) in [5.41, 5.74) is 9.08. The summed E-state index contributed by atoms with van der Waals surface area (Å²) in [6, 6.07) is 5.28. The van der Waals surface area contributed by atoms with Crippen molar-refractivity contribution in [2.24, 2.45) is 0 Å². The Morgan fingerprint density at radius 1 is 1.43 bits per heavy atom. The average Bonchev–Trinajstić information content (AvgIpc) is 2.86. The Hall–Kier alpha value is -2.50. The average molecular weight is 287 g/mol. The van der Waals surface area contributed by atoms with Crippen LogP contribution in [-0.2, 0) is 6.54 Å². The first-order valence-electron chi connectivity index (χ1n) is 7.01. The summed E-state index contributed by atoms with van der Waals surface area (Å²) in [4.78, 5) is 11.7. The Morgan fingerprint density at radius 3 is 2.86 bits per heavy atom. The van der Waals surface area contributed by atoms with Crippen molar-refractivity contribution in [1.29, 1.82) is 0 Å². The SMILES string of the molecule is CCNC(=O)c1ccc(NCCn2cc(C)cn2)c(N)c1. The first-order chi connectivity index (χ1) is 10.1. The largest absolute Gasteiger partial charge is 0.397 e. The maximum Gasteiger partial charge on any atom is 0.251 e. The zero-order valence-electron chi connectivity index (χ0n) is 12.4.